The lowest BCUT2D eigenvalue weighted by Crippen LogP contribution is -2.27. The first-order valence-electron chi connectivity index (χ1n) is 9.22. The van der Waals surface area contributed by atoms with Crippen LogP contribution in [0.3, 0.4) is 0 Å². The molecule has 0 spiro atoms. The summed E-state index contributed by atoms with van der Waals surface area (Å²) in [6, 6.07) is 4.10. The minimum Gasteiger partial charge on any atom is -0.378 e. The maximum absolute atomic E-state index is 11.4. The van der Waals surface area contributed by atoms with Crippen LogP contribution in [0.15, 0.2) is 24.5 Å². The average Bonchev–Trinajstić information content (AvgIpc) is 2.64. The van der Waals surface area contributed by atoms with Crippen molar-refractivity contribution >= 4 is 17.5 Å². The van der Waals surface area contributed by atoms with E-state index in [1.807, 2.05) is 12.1 Å². The fraction of sp³-hybridized carbons (Fsp3) is 0.500. The van der Waals surface area contributed by atoms with Gasteiger partial charge in [0, 0.05) is 25.0 Å². The van der Waals surface area contributed by atoms with Crippen LogP contribution < -0.4 is 16.8 Å². The van der Waals surface area contributed by atoms with Crippen LogP contribution in [0.5, 0.6) is 0 Å². The summed E-state index contributed by atoms with van der Waals surface area (Å²) in [7, 11) is 0. The molecule has 0 atom stereocenters. The second-order valence-electron chi connectivity index (χ2n) is 7.01. The van der Waals surface area contributed by atoms with E-state index in [9.17, 15) is 10.1 Å². The highest BCUT2D eigenvalue weighted by Gasteiger charge is 2.27. The van der Waals surface area contributed by atoms with Crippen LogP contribution in [0.4, 0.5) is 17.5 Å². The summed E-state index contributed by atoms with van der Waals surface area (Å²) in [5.74, 6) is 0.562. The number of rotatable bonds is 7. The molecule has 1 fully saturated rings. The van der Waals surface area contributed by atoms with Crippen molar-refractivity contribution in [2.24, 2.45) is 11.7 Å². The quantitative estimate of drug-likeness (QED) is 0.495. The second-order valence-corrected chi connectivity index (χ2v) is 7.01. The molecule has 1 saturated carbocycles. The predicted molar refractivity (Wildman–Crippen MR) is 103 cm³/mol. The van der Waals surface area contributed by atoms with E-state index in [4.69, 9.17) is 11.5 Å². The van der Waals surface area contributed by atoms with E-state index in [-0.39, 0.29) is 17.5 Å². The molecule has 3 rings (SSSR count). The summed E-state index contributed by atoms with van der Waals surface area (Å²) >= 11 is 0. The van der Waals surface area contributed by atoms with Crippen molar-refractivity contribution in [1.82, 2.24) is 15.0 Å². The van der Waals surface area contributed by atoms with Gasteiger partial charge in [0.15, 0.2) is 0 Å². The SMILES string of the molecule is Nc1nc(NCCc2cccnc2)nc(CC2CCC(N)CC2)c1[N+](=O)[O-]. The molecule has 27 heavy (non-hydrogen) atoms. The van der Waals surface area contributed by atoms with Gasteiger partial charge >= 0.3 is 5.69 Å². The molecule has 9 nitrogen and oxygen atoms in total. The molecule has 144 valence electrons. The Morgan fingerprint density at radius 3 is 2.70 bits per heavy atom. The normalized spacial score (nSPS) is 19.6. The Labute approximate surface area is 157 Å². The van der Waals surface area contributed by atoms with Crippen LogP contribution in [0.2, 0.25) is 0 Å². The van der Waals surface area contributed by atoms with Gasteiger partial charge < -0.3 is 16.8 Å². The molecule has 1 aliphatic carbocycles. The number of anilines is 2. The first-order valence-corrected chi connectivity index (χ1v) is 9.22. The van der Waals surface area contributed by atoms with Gasteiger partial charge in [-0.25, -0.2) is 4.98 Å². The molecule has 0 aromatic carbocycles. The zero-order valence-electron chi connectivity index (χ0n) is 15.2. The Hall–Kier alpha value is -2.81. The van der Waals surface area contributed by atoms with Crippen LogP contribution in [0.1, 0.15) is 36.9 Å². The third-order valence-corrected chi connectivity index (χ3v) is 4.96. The first kappa shape index (κ1) is 19.0. The highest BCUT2D eigenvalue weighted by Crippen LogP contribution is 2.31. The maximum atomic E-state index is 11.4. The summed E-state index contributed by atoms with van der Waals surface area (Å²) < 4.78 is 0. The molecule has 9 heteroatoms. The Morgan fingerprint density at radius 1 is 1.26 bits per heavy atom. The predicted octanol–water partition coefficient (Wildman–Crippen LogP) is 2.08. The molecule has 0 bridgehead atoms. The minimum atomic E-state index is -0.487. The summed E-state index contributed by atoms with van der Waals surface area (Å²) in [6.45, 7) is 0.584. The number of nitrogens with zero attached hydrogens (tertiary/aromatic N) is 4. The van der Waals surface area contributed by atoms with E-state index in [1.54, 1.807) is 12.4 Å². The Morgan fingerprint density at radius 2 is 2.04 bits per heavy atom. The average molecular weight is 371 g/mol. The Bertz CT molecular complexity index is 777. The molecule has 1 aliphatic rings. The molecule has 2 aromatic rings. The third-order valence-electron chi connectivity index (χ3n) is 4.96. The van der Waals surface area contributed by atoms with Gasteiger partial charge in [0.1, 0.15) is 5.69 Å². The molecular weight excluding hydrogens is 346 g/mol. The summed E-state index contributed by atoms with van der Waals surface area (Å²) in [5.41, 5.74) is 13.1. The smallest absolute Gasteiger partial charge is 0.332 e. The lowest BCUT2D eigenvalue weighted by atomic mass is 9.83. The fourth-order valence-corrected chi connectivity index (χ4v) is 3.47. The van der Waals surface area contributed by atoms with E-state index in [0.29, 0.717) is 30.5 Å². The molecule has 0 aliphatic heterocycles. The molecule has 2 heterocycles. The van der Waals surface area contributed by atoms with Gasteiger partial charge in [0.25, 0.3) is 0 Å². The monoisotopic (exact) mass is 371 g/mol. The highest BCUT2D eigenvalue weighted by molar-refractivity contribution is 5.58. The number of hydrogen-bond acceptors (Lipinski definition) is 8. The zero-order valence-corrected chi connectivity index (χ0v) is 15.2. The molecule has 0 amide bonds. The van der Waals surface area contributed by atoms with E-state index in [0.717, 1.165) is 37.7 Å². The zero-order chi connectivity index (χ0) is 19.2. The first-order chi connectivity index (χ1) is 13.0. The summed E-state index contributed by atoms with van der Waals surface area (Å²) in [5, 5.41) is 14.6. The number of nitrogens with one attached hydrogen (secondary N) is 1. The van der Waals surface area contributed by atoms with Crippen molar-refractivity contribution < 1.29 is 4.92 Å². The van der Waals surface area contributed by atoms with Crippen molar-refractivity contribution in [1.29, 1.82) is 0 Å². The van der Waals surface area contributed by atoms with E-state index < -0.39 is 4.92 Å². The highest BCUT2D eigenvalue weighted by atomic mass is 16.6. The van der Waals surface area contributed by atoms with Gasteiger partial charge in [-0.15, -0.1) is 0 Å². The molecule has 0 unspecified atom stereocenters. The molecule has 5 N–H and O–H groups in total. The minimum absolute atomic E-state index is 0.0959. The van der Waals surface area contributed by atoms with Gasteiger partial charge in [-0.2, -0.15) is 4.98 Å². The topological polar surface area (TPSA) is 146 Å². The van der Waals surface area contributed by atoms with E-state index in [2.05, 4.69) is 20.3 Å². The van der Waals surface area contributed by atoms with Crippen molar-refractivity contribution in [3.63, 3.8) is 0 Å². The lowest BCUT2D eigenvalue weighted by Gasteiger charge is -2.25. The number of aromatic nitrogens is 3. The number of nitro groups is 1. The van der Waals surface area contributed by atoms with Gasteiger partial charge in [-0.05, 0) is 56.1 Å². The number of pyridine rings is 1. The molecule has 0 radical (unpaired) electrons. The lowest BCUT2D eigenvalue weighted by molar-refractivity contribution is -0.385. The van der Waals surface area contributed by atoms with Gasteiger partial charge in [-0.3, -0.25) is 15.1 Å². The fourth-order valence-electron chi connectivity index (χ4n) is 3.47. The van der Waals surface area contributed by atoms with Crippen molar-refractivity contribution in [2.45, 2.75) is 44.6 Å². The standard InChI is InChI=1S/C18H25N7O2/c19-14-5-3-12(4-6-14)10-15-16(25(26)27)17(20)24-18(23-15)22-9-7-13-2-1-8-21-11-13/h1-2,8,11-12,14H,3-7,9-10,19H2,(H3,20,22,23,24). The third kappa shape index (κ3) is 5.10. The number of hydrogen-bond donors (Lipinski definition) is 3. The van der Waals surface area contributed by atoms with Crippen LogP contribution in [0.25, 0.3) is 0 Å². The Balaban J connectivity index is 1.71. The van der Waals surface area contributed by atoms with Gasteiger partial charge in [-0.1, -0.05) is 6.07 Å². The summed E-state index contributed by atoms with van der Waals surface area (Å²) in [4.78, 5) is 23.5. The largest absolute Gasteiger partial charge is 0.378 e. The van der Waals surface area contributed by atoms with Crippen LogP contribution in [-0.2, 0) is 12.8 Å². The molecular formula is C18H25N7O2. The van der Waals surface area contributed by atoms with Crippen LogP contribution in [-0.4, -0.2) is 32.5 Å². The van der Waals surface area contributed by atoms with E-state index in [1.165, 1.54) is 0 Å². The van der Waals surface area contributed by atoms with Gasteiger partial charge in [0.2, 0.25) is 11.8 Å². The molecule has 0 saturated heterocycles. The van der Waals surface area contributed by atoms with Crippen molar-refractivity contribution in [3.8, 4) is 0 Å². The van der Waals surface area contributed by atoms with Crippen LogP contribution >= 0.6 is 0 Å². The van der Waals surface area contributed by atoms with Crippen molar-refractivity contribution in [2.75, 3.05) is 17.6 Å². The van der Waals surface area contributed by atoms with Crippen molar-refractivity contribution in [3.05, 3.63) is 45.9 Å². The number of nitrogen functional groups attached to an aromatic ring is 1. The Kier molecular flexibility index (Phi) is 6.12. The summed E-state index contributed by atoms with van der Waals surface area (Å²) in [6.07, 6.45) is 8.56. The second kappa shape index (κ2) is 8.72. The number of nitrogens with two attached hydrogens (primary N) is 2. The molecule has 2 aromatic heterocycles. The van der Waals surface area contributed by atoms with Gasteiger partial charge in [0.05, 0.1) is 4.92 Å². The van der Waals surface area contributed by atoms with Crippen LogP contribution in [0, 0.1) is 16.0 Å². The van der Waals surface area contributed by atoms with E-state index >= 15 is 0 Å². The maximum Gasteiger partial charge on any atom is 0.332 e.